The van der Waals surface area contributed by atoms with Crippen LogP contribution in [-0.4, -0.2) is 18.8 Å². The number of carbonyl (C=O) groups excluding carboxylic acids is 1. The molecule has 0 aromatic heterocycles. The Bertz CT molecular complexity index is 1300. The van der Waals surface area contributed by atoms with Crippen molar-refractivity contribution in [1.82, 2.24) is 0 Å². The largest absolute Gasteiger partial charge is 0.493 e. The van der Waals surface area contributed by atoms with Crippen LogP contribution in [0.4, 0.5) is 5.69 Å². The van der Waals surface area contributed by atoms with E-state index in [0.29, 0.717) is 28.9 Å². The van der Waals surface area contributed by atoms with E-state index >= 15 is 0 Å². The highest BCUT2D eigenvalue weighted by molar-refractivity contribution is 8.00. The normalized spacial score (nSPS) is 15.8. The molecule has 1 amide bonds. The molecule has 1 saturated heterocycles. The molecule has 0 N–H and O–H groups in total. The third-order valence-electron chi connectivity index (χ3n) is 5.71. The minimum Gasteiger partial charge on any atom is -0.493 e. The highest BCUT2D eigenvalue weighted by Crippen LogP contribution is 2.44. The van der Waals surface area contributed by atoms with Gasteiger partial charge in [0.2, 0.25) is 5.91 Å². The second kappa shape index (κ2) is 9.38. The van der Waals surface area contributed by atoms with Gasteiger partial charge in [-0.15, -0.1) is 11.8 Å². The molecule has 1 aliphatic rings. The molecular weight excluding hydrogens is 454 g/mol. The summed E-state index contributed by atoms with van der Waals surface area (Å²) in [6, 6.07) is 27.7. The maximum Gasteiger partial charge on any atom is 0.238 e. The van der Waals surface area contributed by atoms with Gasteiger partial charge in [-0.05, 0) is 58.3 Å². The Kier molecular flexibility index (Phi) is 6.16. The zero-order chi connectivity index (χ0) is 22.8. The van der Waals surface area contributed by atoms with Gasteiger partial charge < -0.3 is 9.47 Å². The van der Waals surface area contributed by atoms with E-state index in [1.165, 1.54) is 10.8 Å². The molecular formula is C27H22ClNO3S. The summed E-state index contributed by atoms with van der Waals surface area (Å²) in [6.45, 7) is 0.435. The highest BCUT2D eigenvalue weighted by Gasteiger charge is 2.34. The van der Waals surface area contributed by atoms with Gasteiger partial charge in [0.25, 0.3) is 0 Å². The Hall–Kier alpha value is -3.15. The summed E-state index contributed by atoms with van der Waals surface area (Å²) in [7, 11) is 1.63. The SMILES string of the molecule is COc1cc([C@@H]2SCC(=O)N2c2ccc(Cl)cc2)ccc1OCc1cccc2ccccc12. The van der Waals surface area contributed by atoms with Crippen LogP contribution in [0.15, 0.2) is 84.9 Å². The minimum atomic E-state index is -0.139. The molecule has 0 aliphatic carbocycles. The predicted molar refractivity (Wildman–Crippen MR) is 135 cm³/mol. The third-order valence-corrected chi connectivity index (χ3v) is 7.17. The van der Waals surface area contributed by atoms with Gasteiger partial charge in [0, 0.05) is 10.7 Å². The van der Waals surface area contributed by atoms with Crippen molar-refractivity contribution in [2.24, 2.45) is 0 Å². The van der Waals surface area contributed by atoms with Crippen molar-refractivity contribution >= 4 is 45.7 Å². The van der Waals surface area contributed by atoms with Gasteiger partial charge in [0.05, 0.1) is 12.9 Å². The zero-order valence-corrected chi connectivity index (χ0v) is 19.6. The van der Waals surface area contributed by atoms with E-state index in [1.807, 2.05) is 53.4 Å². The number of benzene rings is 4. The van der Waals surface area contributed by atoms with Gasteiger partial charge in [-0.3, -0.25) is 9.69 Å². The number of rotatable bonds is 6. The lowest BCUT2D eigenvalue weighted by Crippen LogP contribution is -2.27. The van der Waals surface area contributed by atoms with E-state index in [0.717, 1.165) is 16.8 Å². The van der Waals surface area contributed by atoms with Gasteiger partial charge >= 0.3 is 0 Å². The first-order chi connectivity index (χ1) is 16.1. The molecule has 0 spiro atoms. The monoisotopic (exact) mass is 475 g/mol. The number of methoxy groups -OCH3 is 1. The fourth-order valence-electron chi connectivity index (χ4n) is 4.08. The van der Waals surface area contributed by atoms with Crippen LogP contribution in [0.3, 0.4) is 0 Å². The molecule has 1 atom stereocenters. The van der Waals surface area contributed by atoms with Gasteiger partial charge in [-0.1, -0.05) is 60.1 Å². The minimum absolute atomic E-state index is 0.0718. The molecule has 1 fully saturated rings. The number of amides is 1. The quantitative estimate of drug-likeness (QED) is 0.305. The van der Waals surface area contributed by atoms with Crippen LogP contribution < -0.4 is 14.4 Å². The molecule has 6 heteroatoms. The van der Waals surface area contributed by atoms with Gasteiger partial charge in [0.15, 0.2) is 11.5 Å². The lowest BCUT2D eigenvalue weighted by Gasteiger charge is -2.25. The summed E-state index contributed by atoms with van der Waals surface area (Å²) in [4.78, 5) is 14.5. The van der Waals surface area contributed by atoms with Crippen LogP contribution in [0.5, 0.6) is 11.5 Å². The van der Waals surface area contributed by atoms with E-state index < -0.39 is 0 Å². The number of fused-ring (bicyclic) bond motifs is 1. The Morgan fingerprint density at radius 2 is 1.76 bits per heavy atom. The van der Waals surface area contributed by atoms with Crippen molar-refractivity contribution in [2.45, 2.75) is 12.0 Å². The lowest BCUT2D eigenvalue weighted by atomic mass is 10.1. The van der Waals surface area contributed by atoms with Gasteiger partial charge in [0.1, 0.15) is 12.0 Å². The van der Waals surface area contributed by atoms with Crippen molar-refractivity contribution < 1.29 is 14.3 Å². The zero-order valence-electron chi connectivity index (χ0n) is 18.0. The molecule has 1 heterocycles. The van der Waals surface area contributed by atoms with Crippen LogP contribution in [-0.2, 0) is 11.4 Å². The fraction of sp³-hybridized carbons (Fsp3) is 0.148. The van der Waals surface area contributed by atoms with E-state index in [2.05, 4.69) is 24.3 Å². The Morgan fingerprint density at radius 3 is 2.58 bits per heavy atom. The topological polar surface area (TPSA) is 38.8 Å². The smallest absolute Gasteiger partial charge is 0.238 e. The highest BCUT2D eigenvalue weighted by atomic mass is 35.5. The second-order valence-corrected chi connectivity index (χ2v) is 9.25. The molecule has 5 rings (SSSR count). The molecule has 4 nitrogen and oxygen atoms in total. The first-order valence-electron chi connectivity index (χ1n) is 10.6. The number of thioether (sulfide) groups is 1. The van der Waals surface area contributed by atoms with Crippen molar-refractivity contribution in [3.05, 3.63) is 101 Å². The molecule has 0 radical (unpaired) electrons. The fourth-order valence-corrected chi connectivity index (χ4v) is 5.38. The molecule has 0 unspecified atom stereocenters. The second-order valence-electron chi connectivity index (χ2n) is 7.74. The average molecular weight is 476 g/mol. The van der Waals surface area contributed by atoms with Crippen LogP contribution in [0.1, 0.15) is 16.5 Å². The summed E-state index contributed by atoms with van der Waals surface area (Å²) in [5.74, 6) is 1.81. The summed E-state index contributed by atoms with van der Waals surface area (Å²) in [5, 5.41) is 2.87. The van der Waals surface area contributed by atoms with E-state index in [9.17, 15) is 4.79 Å². The first kappa shape index (κ1) is 21.7. The molecule has 0 bridgehead atoms. The number of anilines is 1. The van der Waals surface area contributed by atoms with Crippen LogP contribution in [0.25, 0.3) is 10.8 Å². The third kappa shape index (κ3) is 4.39. The Balaban J connectivity index is 1.40. The maximum absolute atomic E-state index is 12.6. The number of halogens is 1. The van der Waals surface area contributed by atoms with Crippen LogP contribution >= 0.6 is 23.4 Å². The Labute approximate surface area is 202 Å². The standard InChI is InChI=1S/C27H22ClNO3S/c1-31-25-15-19(27-29(26(30)17-33-27)22-12-10-21(28)11-13-22)9-14-24(25)32-16-20-7-4-6-18-5-2-3-8-23(18)20/h2-15,27H,16-17H2,1H3/t27-/m0/s1. The van der Waals surface area contributed by atoms with E-state index in [4.69, 9.17) is 21.1 Å². The predicted octanol–water partition coefficient (Wildman–Crippen LogP) is 6.86. The summed E-state index contributed by atoms with van der Waals surface area (Å²) in [5.41, 5.74) is 2.93. The summed E-state index contributed by atoms with van der Waals surface area (Å²) in [6.07, 6.45) is 0. The summed E-state index contributed by atoms with van der Waals surface area (Å²) >= 11 is 7.63. The molecule has 4 aromatic carbocycles. The Morgan fingerprint density at radius 1 is 0.970 bits per heavy atom. The molecule has 0 saturated carbocycles. The lowest BCUT2D eigenvalue weighted by molar-refractivity contribution is -0.115. The van der Waals surface area contributed by atoms with Crippen molar-refractivity contribution in [3.63, 3.8) is 0 Å². The van der Waals surface area contributed by atoms with Crippen molar-refractivity contribution in [2.75, 3.05) is 17.8 Å². The van der Waals surface area contributed by atoms with Crippen LogP contribution in [0, 0.1) is 0 Å². The van der Waals surface area contributed by atoms with Crippen molar-refractivity contribution in [1.29, 1.82) is 0 Å². The number of hydrogen-bond donors (Lipinski definition) is 0. The molecule has 166 valence electrons. The summed E-state index contributed by atoms with van der Waals surface area (Å²) < 4.78 is 11.8. The molecule has 4 aromatic rings. The number of nitrogens with zero attached hydrogens (tertiary/aromatic N) is 1. The number of ether oxygens (including phenoxy) is 2. The number of hydrogen-bond acceptors (Lipinski definition) is 4. The molecule has 1 aliphatic heterocycles. The van der Waals surface area contributed by atoms with Gasteiger partial charge in [-0.2, -0.15) is 0 Å². The average Bonchev–Trinajstić information content (AvgIpc) is 3.24. The van der Waals surface area contributed by atoms with Gasteiger partial charge in [-0.25, -0.2) is 0 Å². The maximum atomic E-state index is 12.6. The number of carbonyl (C=O) groups is 1. The van der Waals surface area contributed by atoms with E-state index in [1.54, 1.807) is 31.0 Å². The van der Waals surface area contributed by atoms with Crippen molar-refractivity contribution in [3.8, 4) is 11.5 Å². The van der Waals surface area contributed by atoms with E-state index in [-0.39, 0.29) is 11.3 Å². The van der Waals surface area contributed by atoms with Crippen LogP contribution in [0.2, 0.25) is 5.02 Å². The first-order valence-corrected chi connectivity index (χ1v) is 12.0. The molecule has 33 heavy (non-hydrogen) atoms.